The Morgan fingerprint density at radius 3 is 2.89 bits per heavy atom. The fourth-order valence-electron chi connectivity index (χ4n) is 2.52. The molecule has 1 aliphatic rings. The minimum atomic E-state index is -0.523. The third-order valence-corrected chi connectivity index (χ3v) is 4.49. The topological polar surface area (TPSA) is 88.0 Å². The van der Waals surface area contributed by atoms with Crippen LogP contribution in [0.2, 0.25) is 0 Å². The van der Waals surface area contributed by atoms with Crippen LogP contribution in [0.1, 0.15) is 29.8 Å². The number of hydrogen-bond donors (Lipinski definition) is 2. The van der Waals surface area contributed by atoms with Crippen molar-refractivity contribution in [2.45, 2.75) is 19.3 Å². The van der Waals surface area contributed by atoms with E-state index < -0.39 is 4.92 Å². The summed E-state index contributed by atoms with van der Waals surface area (Å²) in [5.41, 5.74) is 0.143. The molecule has 2 N–H and O–H groups in total. The second-order valence-electron chi connectivity index (χ2n) is 4.84. The Hall–Kier alpha value is -1.37. The van der Waals surface area contributed by atoms with Gasteiger partial charge in [0.05, 0.1) is 11.1 Å². The van der Waals surface area contributed by atoms with Crippen LogP contribution in [-0.2, 0) is 0 Å². The van der Waals surface area contributed by atoms with E-state index in [-0.39, 0.29) is 17.3 Å². The van der Waals surface area contributed by atoms with Gasteiger partial charge < -0.3 is 10.3 Å². The van der Waals surface area contributed by atoms with Gasteiger partial charge in [-0.25, -0.2) is 0 Å². The Morgan fingerprint density at radius 2 is 2.26 bits per heavy atom. The van der Waals surface area contributed by atoms with Gasteiger partial charge in [0.2, 0.25) is 0 Å². The average molecular weight is 330 g/mol. The normalized spacial score (nSPS) is 22.4. The molecule has 104 valence electrons. The lowest BCUT2D eigenvalue weighted by Gasteiger charge is -2.17. The molecule has 1 aromatic heterocycles. The largest absolute Gasteiger partial charge is 0.351 e. The van der Waals surface area contributed by atoms with E-state index in [1.165, 1.54) is 25.1 Å². The van der Waals surface area contributed by atoms with Gasteiger partial charge in [-0.15, -0.1) is 0 Å². The van der Waals surface area contributed by atoms with Crippen LogP contribution in [-0.4, -0.2) is 27.7 Å². The first kappa shape index (κ1) is 14.0. The second kappa shape index (κ2) is 6.18. The maximum Gasteiger partial charge on any atom is 0.287 e. The van der Waals surface area contributed by atoms with E-state index >= 15 is 0 Å². The molecular formula is C12H16BrN3O3. The number of rotatable bonds is 5. The highest BCUT2D eigenvalue weighted by Gasteiger charge is 2.26. The molecule has 1 fully saturated rings. The molecule has 1 heterocycles. The zero-order chi connectivity index (χ0) is 13.8. The minimum absolute atomic E-state index is 0.0932. The van der Waals surface area contributed by atoms with Crippen molar-refractivity contribution in [3.05, 3.63) is 28.1 Å². The fraction of sp³-hybridized carbons (Fsp3) is 0.583. The predicted octanol–water partition coefficient (Wildman–Crippen LogP) is 2.46. The predicted molar refractivity (Wildman–Crippen MR) is 74.4 cm³/mol. The molecule has 2 unspecified atom stereocenters. The molecule has 7 heteroatoms. The molecule has 0 aromatic carbocycles. The van der Waals surface area contributed by atoms with Crippen LogP contribution in [0, 0.1) is 22.0 Å². The molecule has 6 nitrogen and oxygen atoms in total. The van der Waals surface area contributed by atoms with Gasteiger partial charge >= 0.3 is 0 Å². The monoisotopic (exact) mass is 329 g/mol. The highest BCUT2D eigenvalue weighted by atomic mass is 79.9. The molecule has 2 rings (SSSR count). The lowest BCUT2D eigenvalue weighted by Crippen LogP contribution is -2.31. The van der Waals surface area contributed by atoms with Crippen LogP contribution in [0.4, 0.5) is 5.69 Å². The van der Waals surface area contributed by atoms with E-state index in [9.17, 15) is 14.9 Å². The maximum atomic E-state index is 11.9. The van der Waals surface area contributed by atoms with Crippen molar-refractivity contribution in [1.82, 2.24) is 10.3 Å². The zero-order valence-electron chi connectivity index (χ0n) is 10.4. The summed E-state index contributed by atoms with van der Waals surface area (Å²) >= 11 is 3.49. The Labute approximate surface area is 119 Å². The van der Waals surface area contributed by atoms with Gasteiger partial charge in [-0.3, -0.25) is 14.9 Å². The summed E-state index contributed by atoms with van der Waals surface area (Å²) < 4.78 is 0. The standard InChI is InChI=1S/C12H16BrN3O3/c13-5-8-2-1-3-9(8)6-15-12(17)11-4-10(7-14-11)16(18)19/h4,7-9,14H,1-3,5-6H2,(H,15,17). The third kappa shape index (κ3) is 3.34. The van der Waals surface area contributed by atoms with Crippen LogP contribution in [0.5, 0.6) is 0 Å². The summed E-state index contributed by atoms with van der Waals surface area (Å²) in [4.78, 5) is 24.5. The van der Waals surface area contributed by atoms with E-state index in [0.717, 1.165) is 11.8 Å². The number of carbonyl (C=O) groups excluding carboxylic acids is 1. The van der Waals surface area contributed by atoms with Crippen LogP contribution in [0.3, 0.4) is 0 Å². The van der Waals surface area contributed by atoms with E-state index in [0.29, 0.717) is 18.4 Å². The van der Waals surface area contributed by atoms with Gasteiger partial charge in [-0.1, -0.05) is 22.4 Å². The number of halogens is 1. The van der Waals surface area contributed by atoms with Gasteiger partial charge in [-0.2, -0.15) is 0 Å². The van der Waals surface area contributed by atoms with Gasteiger partial charge in [0.25, 0.3) is 11.6 Å². The number of hydrogen-bond acceptors (Lipinski definition) is 3. The van der Waals surface area contributed by atoms with Crippen molar-refractivity contribution in [2.75, 3.05) is 11.9 Å². The second-order valence-corrected chi connectivity index (χ2v) is 5.49. The van der Waals surface area contributed by atoms with Crippen molar-refractivity contribution in [1.29, 1.82) is 0 Å². The first-order valence-corrected chi connectivity index (χ1v) is 7.41. The van der Waals surface area contributed by atoms with Gasteiger partial charge in [0, 0.05) is 17.9 Å². The number of H-pyrrole nitrogens is 1. The molecule has 0 bridgehead atoms. The van der Waals surface area contributed by atoms with E-state index in [2.05, 4.69) is 26.2 Å². The van der Waals surface area contributed by atoms with Crippen molar-refractivity contribution < 1.29 is 9.72 Å². The molecular weight excluding hydrogens is 314 g/mol. The fourth-order valence-corrected chi connectivity index (χ4v) is 3.38. The third-order valence-electron chi connectivity index (χ3n) is 3.66. The number of alkyl halides is 1. The first-order chi connectivity index (χ1) is 9.11. The highest BCUT2D eigenvalue weighted by molar-refractivity contribution is 9.09. The Balaban J connectivity index is 1.88. The summed E-state index contributed by atoms with van der Waals surface area (Å²) in [7, 11) is 0. The van der Waals surface area contributed by atoms with Crippen LogP contribution in [0.15, 0.2) is 12.3 Å². The molecule has 19 heavy (non-hydrogen) atoms. The van der Waals surface area contributed by atoms with Gasteiger partial charge in [0.15, 0.2) is 0 Å². The number of nitrogens with one attached hydrogen (secondary N) is 2. The summed E-state index contributed by atoms with van der Waals surface area (Å²) in [5, 5.41) is 14.3. The summed E-state index contributed by atoms with van der Waals surface area (Å²) in [6.07, 6.45) is 4.75. The number of aromatic amines is 1. The molecule has 0 aliphatic heterocycles. The Bertz CT molecular complexity index is 475. The van der Waals surface area contributed by atoms with Crippen LogP contribution < -0.4 is 5.32 Å². The van der Waals surface area contributed by atoms with Crippen molar-refractivity contribution in [3.8, 4) is 0 Å². The molecule has 1 amide bonds. The Morgan fingerprint density at radius 1 is 1.53 bits per heavy atom. The van der Waals surface area contributed by atoms with E-state index in [1.807, 2.05) is 0 Å². The van der Waals surface area contributed by atoms with Crippen molar-refractivity contribution >= 4 is 27.5 Å². The SMILES string of the molecule is O=C(NCC1CCCC1CBr)c1cc([N+](=O)[O-])c[nH]1. The molecule has 2 atom stereocenters. The van der Waals surface area contributed by atoms with Crippen LogP contribution in [0.25, 0.3) is 0 Å². The smallest absolute Gasteiger partial charge is 0.287 e. The average Bonchev–Trinajstić information content (AvgIpc) is 3.04. The summed E-state index contributed by atoms with van der Waals surface area (Å²) in [6, 6.07) is 1.26. The molecule has 1 aliphatic carbocycles. The molecule has 0 spiro atoms. The summed E-state index contributed by atoms with van der Waals surface area (Å²) in [6.45, 7) is 0.627. The first-order valence-electron chi connectivity index (χ1n) is 6.28. The van der Waals surface area contributed by atoms with Crippen molar-refractivity contribution in [3.63, 3.8) is 0 Å². The molecule has 0 radical (unpaired) electrons. The minimum Gasteiger partial charge on any atom is -0.351 e. The van der Waals surface area contributed by atoms with E-state index in [4.69, 9.17) is 0 Å². The number of carbonyl (C=O) groups is 1. The van der Waals surface area contributed by atoms with Crippen LogP contribution >= 0.6 is 15.9 Å². The van der Waals surface area contributed by atoms with Crippen molar-refractivity contribution in [2.24, 2.45) is 11.8 Å². The summed E-state index contributed by atoms with van der Waals surface area (Å²) in [5.74, 6) is 0.819. The number of nitrogens with zero attached hydrogens (tertiary/aromatic N) is 1. The molecule has 0 saturated heterocycles. The quantitative estimate of drug-likeness (QED) is 0.494. The lowest BCUT2D eigenvalue weighted by atomic mass is 9.98. The lowest BCUT2D eigenvalue weighted by molar-refractivity contribution is -0.384. The highest BCUT2D eigenvalue weighted by Crippen LogP contribution is 2.32. The molecule has 1 saturated carbocycles. The maximum absolute atomic E-state index is 11.9. The van der Waals surface area contributed by atoms with E-state index in [1.54, 1.807) is 0 Å². The molecule has 1 aromatic rings. The number of aromatic nitrogens is 1. The number of nitro groups is 1. The Kier molecular flexibility index (Phi) is 4.57. The zero-order valence-corrected chi connectivity index (χ0v) is 12.0. The van der Waals surface area contributed by atoms with Gasteiger partial charge in [0.1, 0.15) is 5.69 Å². The van der Waals surface area contributed by atoms with Gasteiger partial charge in [-0.05, 0) is 24.7 Å². The number of amides is 1.